The molecule has 0 bridgehead atoms. The van der Waals surface area contributed by atoms with Crippen LogP contribution in [0.15, 0.2) is 47.0 Å². The summed E-state index contributed by atoms with van der Waals surface area (Å²) >= 11 is 11.4. The second-order valence-corrected chi connectivity index (χ2v) is 6.92. The van der Waals surface area contributed by atoms with Gasteiger partial charge < -0.3 is 19.9 Å². The standard InChI is InChI=1S/C20H19ClN4O3S/c1-3-27-19(26)15-8-7-14(10-16(15)21)23-20(29)22-11-17-24-18(25-28-17)13-6-4-5-12(2)9-13/h4-10H,3,11H2,1-2H3,(H2,22,23,29). The Bertz CT molecular complexity index is 1040. The predicted octanol–water partition coefficient (Wildman–Crippen LogP) is 4.36. The fraction of sp³-hybridized carbons (Fsp3) is 0.200. The molecular formula is C20H19ClN4O3S. The van der Waals surface area contributed by atoms with Gasteiger partial charge >= 0.3 is 5.97 Å². The fourth-order valence-electron chi connectivity index (χ4n) is 2.53. The third-order valence-electron chi connectivity index (χ3n) is 3.87. The number of aryl methyl sites for hydroxylation is 1. The first kappa shape index (κ1) is 20.8. The quantitative estimate of drug-likeness (QED) is 0.440. The third-order valence-corrected chi connectivity index (χ3v) is 4.43. The molecule has 1 aromatic heterocycles. The number of thiocarbonyl (C=S) groups is 1. The first-order chi connectivity index (χ1) is 14.0. The zero-order valence-corrected chi connectivity index (χ0v) is 17.4. The largest absolute Gasteiger partial charge is 0.462 e. The molecule has 1 heterocycles. The normalized spacial score (nSPS) is 10.4. The van der Waals surface area contributed by atoms with Gasteiger partial charge in [-0.15, -0.1) is 0 Å². The van der Waals surface area contributed by atoms with E-state index in [1.165, 1.54) is 0 Å². The van der Waals surface area contributed by atoms with Crippen LogP contribution in [0.3, 0.4) is 0 Å². The van der Waals surface area contributed by atoms with Crippen LogP contribution < -0.4 is 10.6 Å². The first-order valence-electron chi connectivity index (χ1n) is 8.87. The fourth-order valence-corrected chi connectivity index (χ4v) is 2.97. The van der Waals surface area contributed by atoms with Crippen LogP contribution in [0.2, 0.25) is 5.02 Å². The molecule has 2 aromatic carbocycles. The predicted molar refractivity (Wildman–Crippen MR) is 115 cm³/mol. The number of hydrogen-bond donors (Lipinski definition) is 2. The van der Waals surface area contributed by atoms with Crippen LogP contribution in [-0.2, 0) is 11.3 Å². The van der Waals surface area contributed by atoms with Gasteiger partial charge in [0.2, 0.25) is 11.7 Å². The van der Waals surface area contributed by atoms with Crippen molar-refractivity contribution in [2.24, 2.45) is 0 Å². The van der Waals surface area contributed by atoms with Crippen LogP contribution in [0.1, 0.15) is 28.7 Å². The molecule has 0 amide bonds. The molecule has 0 fully saturated rings. The van der Waals surface area contributed by atoms with Crippen LogP contribution in [0.4, 0.5) is 5.69 Å². The number of anilines is 1. The maximum absolute atomic E-state index is 11.8. The highest BCUT2D eigenvalue weighted by molar-refractivity contribution is 7.80. The summed E-state index contributed by atoms with van der Waals surface area (Å²) in [6.07, 6.45) is 0. The van der Waals surface area contributed by atoms with Crippen molar-refractivity contribution in [1.29, 1.82) is 0 Å². The van der Waals surface area contributed by atoms with E-state index in [2.05, 4.69) is 20.8 Å². The van der Waals surface area contributed by atoms with Gasteiger partial charge in [-0.3, -0.25) is 0 Å². The van der Waals surface area contributed by atoms with Crippen LogP contribution in [0.5, 0.6) is 0 Å². The minimum absolute atomic E-state index is 0.263. The van der Waals surface area contributed by atoms with E-state index in [1.54, 1.807) is 25.1 Å². The molecule has 0 saturated carbocycles. The number of aromatic nitrogens is 2. The Morgan fingerprint density at radius 1 is 1.28 bits per heavy atom. The Kier molecular flexibility index (Phi) is 6.79. The van der Waals surface area contributed by atoms with Gasteiger partial charge in [0.15, 0.2) is 5.11 Å². The molecule has 29 heavy (non-hydrogen) atoms. The van der Waals surface area contributed by atoms with Gasteiger partial charge in [0, 0.05) is 11.3 Å². The van der Waals surface area contributed by atoms with Gasteiger partial charge in [0.1, 0.15) is 0 Å². The summed E-state index contributed by atoms with van der Waals surface area (Å²) < 4.78 is 10.2. The summed E-state index contributed by atoms with van der Waals surface area (Å²) in [5.74, 6) is 0.456. The lowest BCUT2D eigenvalue weighted by molar-refractivity contribution is 0.0526. The highest BCUT2D eigenvalue weighted by Gasteiger charge is 2.13. The van der Waals surface area contributed by atoms with Crippen molar-refractivity contribution in [2.75, 3.05) is 11.9 Å². The Hall–Kier alpha value is -2.97. The van der Waals surface area contributed by atoms with Gasteiger partial charge in [0.05, 0.1) is 23.7 Å². The van der Waals surface area contributed by atoms with Crippen molar-refractivity contribution >= 4 is 40.6 Å². The Labute approximate surface area is 178 Å². The number of ether oxygens (including phenoxy) is 1. The molecule has 0 saturated heterocycles. The topological polar surface area (TPSA) is 89.3 Å². The van der Waals surface area contributed by atoms with Crippen LogP contribution in [-0.4, -0.2) is 27.8 Å². The smallest absolute Gasteiger partial charge is 0.339 e. The van der Waals surface area contributed by atoms with Gasteiger partial charge in [-0.1, -0.05) is 40.5 Å². The molecule has 3 aromatic rings. The summed E-state index contributed by atoms with van der Waals surface area (Å²) in [7, 11) is 0. The molecule has 0 atom stereocenters. The zero-order chi connectivity index (χ0) is 20.8. The molecule has 0 radical (unpaired) electrons. The lowest BCUT2D eigenvalue weighted by Crippen LogP contribution is -2.28. The summed E-state index contributed by atoms with van der Waals surface area (Å²) in [4.78, 5) is 16.2. The maximum atomic E-state index is 11.8. The molecule has 2 N–H and O–H groups in total. The summed E-state index contributed by atoms with van der Waals surface area (Å²) in [6.45, 7) is 4.28. The molecule has 0 unspecified atom stereocenters. The molecule has 0 aliphatic heterocycles. The summed E-state index contributed by atoms with van der Waals surface area (Å²) in [5, 5.41) is 10.6. The first-order valence-corrected chi connectivity index (χ1v) is 9.66. The summed E-state index contributed by atoms with van der Waals surface area (Å²) in [6, 6.07) is 12.7. The number of halogens is 1. The van der Waals surface area contributed by atoms with E-state index >= 15 is 0 Å². The van der Waals surface area contributed by atoms with E-state index < -0.39 is 5.97 Å². The van der Waals surface area contributed by atoms with E-state index in [1.807, 2.05) is 31.2 Å². The van der Waals surface area contributed by atoms with Crippen molar-refractivity contribution in [3.8, 4) is 11.4 Å². The molecule has 150 valence electrons. The van der Waals surface area contributed by atoms with Gasteiger partial charge in [-0.05, 0) is 50.3 Å². The second kappa shape index (κ2) is 9.49. The van der Waals surface area contributed by atoms with Crippen LogP contribution in [0, 0.1) is 6.92 Å². The third kappa shape index (κ3) is 5.52. The van der Waals surface area contributed by atoms with Gasteiger partial charge in [0.25, 0.3) is 0 Å². The molecule has 0 spiro atoms. The number of esters is 1. The Morgan fingerprint density at radius 2 is 2.10 bits per heavy atom. The number of carbonyl (C=O) groups is 1. The Morgan fingerprint density at radius 3 is 2.83 bits per heavy atom. The van der Waals surface area contributed by atoms with E-state index in [-0.39, 0.29) is 18.2 Å². The van der Waals surface area contributed by atoms with Crippen LogP contribution in [0.25, 0.3) is 11.4 Å². The molecule has 9 heteroatoms. The number of benzene rings is 2. The van der Waals surface area contributed by atoms with Gasteiger partial charge in [-0.2, -0.15) is 4.98 Å². The minimum Gasteiger partial charge on any atom is -0.462 e. The highest BCUT2D eigenvalue weighted by Crippen LogP contribution is 2.22. The number of nitrogens with zero attached hydrogens (tertiary/aromatic N) is 2. The van der Waals surface area contributed by atoms with Gasteiger partial charge in [-0.25, -0.2) is 4.79 Å². The zero-order valence-electron chi connectivity index (χ0n) is 15.9. The van der Waals surface area contributed by atoms with E-state index in [0.29, 0.717) is 28.1 Å². The highest BCUT2D eigenvalue weighted by atomic mass is 35.5. The second-order valence-electron chi connectivity index (χ2n) is 6.10. The number of rotatable bonds is 6. The lowest BCUT2D eigenvalue weighted by atomic mass is 10.1. The monoisotopic (exact) mass is 430 g/mol. The van der Waals surface area contributed by atoms with Crippen molar-refractivity contribution < 1.29 is 14.1 Å². The van der Waals surface area contributed by atoms with Crippen molar-refractivity contribution in [2.45, 2.75) is 20.4 Å². The molecular weight excluding hydrogens is 412 g/mol. The molecule has 0 aliphatic rings. The molecule has 3 rings (SSSR count). The number of carbonyl (C=O) groups excluding carboxylic acids is 1. The number of hydrogen-bond acceptors (Lipinski definition) is 6. The van der Waals surface area contributed by atoms with E-state index in [9.17, 15) is 4.79 Å². The molecule has 0 aliphatic carbocycles. The van der Waals surface area contributed by atoms with Crippen LogP contribution >= 0.6 is 23.8 Å². The van der Waals surface area contributed by atoms with Crippen molar-refractivity contribution in [3.63, 3.8) is 0 Å². The average Bonchev–Trinajstić information content (AvgIpc) is 3.16. The Balaban J connectivity index is 1.56. The van der Waals surface area contributed by atoms with Crippen molar-refractivity contribution in [3.05, 3.63) is 64.5 Å². The van der Waals surface area contributed by atoms with E-state index in [4.69, 9.17) is 33.1 Å². The maximum Gasteiger partial charge on any atom is 0.339 e. The van der Waals surface area contributed by atoms with Crippen molar-refractivity contribution in [1.82, 2.24) is 15.5 Å². The average molecular weight is 431 g/mol. The lowest BCUT2D eigenvalue weighted by Gasteiger charge is -2.10. The minimum atomic E-state index is -0.467. The molecule has 7 nitrogen and oxygen atoms in total. The SMILES string of the molecule is CCOC(=O)c1ccc(NC(=S)NCc2nc(-c3cccc(C)c3)no2)cc1Cl. The number of nitrogens with one attached hydrogen (secondary N) is 2. The van der Waals surface area contributed by atoms with E-state index in [0.717, 1.165) is 11.1 Å². The summed E-state index contributed by atoms with van der Waals surface area (Å²) in [5.41, 5.74) is 2.93.